The summed E-state index contributed by atoms with van der Waals surface area (Å²) < 4.78 is 0. The molecule has 0 amide bonds. The van der Waals surface area contributed by atoms with Crippen LogP contribution in [0.4, 0.5) is 0 Å². The molecule has 1 aromatic heterocycles. The minimum absolute atomic E-state index is 0.913. The van der Waals surface area contributed by atoms with Gasteiger partial charge in [0, 0.05) is 17.3 Å². The molecule has 0 atom stereocenters. The van der Waals surface area contributed by atoms with Crippen LogP contribution in [0.15, 0.2) is 54.7 Å². The van der Waals surface area contributed by atoms with Gasteiger partial charge in [-0.15, -0.1) is 0 Å². The number of aromatic nitrogens is 2. The fourth-order valence-corrected chi connectivity index (χ4v) is 2.05. The van der Waals surface area contributed by atoms with Crippen LogP contribution in [0.1, 0.15) is 11.1 Å². The molecule has 0 aliphatic carbocycles. The van der Waals surface area contributed by atoms with E-state index in [1.165, 1.54) is 11.1 Å². The molecule has 19 heavy (non-hydrogen) atoms. The number of aryl methyl sites for hydroxylation is 2. The first-order valence-corrected chi connectivity index (χ1v) is 6.42. The number of benzene rings is 2. The smallest absolute Gasteiger partial charge is 0.138 e. The maximum Gasteiger partial charge on any atom is 0.138 e. The molecule has 1 heterocycles. The Labute approximate surface area is 113 Å². The highest BCUT2D eigenvalue weighted by Crippen LogP contribution is 2.22. The molecule has 0 spiro atoms. The molecule has 0 aliphatic heterocycles. The topological polar surface area (TPSA) is 28.7 Å². The molecule has 1 N–H and O–H groups in total. The van der Waals surface area contributed by atoms with E-state index in [1.54, 1.807) is 0 Å². The Kier molecular flexibility index (Phi) is 2.92. The summed E-state index contributed by atoms with van der Waals surface area (Å²) >= 11 is 0. The first kappa shape index (κ1) is 11.7. The summed E-state index contributed by atoms with van der Waals surface area (Å²) in [5.41, 5.74) is 5.76. The van der Waals surface area contributed by atoms with Crippen LogP contribution in [-0.2, 0) is 0 Å². The second kappa shape index (κ2) is 4.73. The van der Waals surface area contributed by atoms with Crippen molar-refractivity contribution in [3.05, 3.63) is 65.9 Å². The molecule has 2 nitrogen and oxygen atoms in total. The summed E-state index contributed by atoms with van der Waals surface area (Å²) in [6.45, 7) is 4.18. The standard InChI is InChI=1S/C17H16N2/c1-12-3-7-14(8-4-12)16-11-18-17(19-16)15-9-5-13(2)6-10-15/h3-11H,1-2H3,(H,18,19). The van der Waals surface area contributed by atoms with Gasteiger partial charge in [-0.05, 0) is 13.8 Å². The van der Waals surface area contributed by atoms with Crippen molar-refractivity contribution >= 4 is 0 Å². The first-order valence-electron chi connectivity index (χ1n) is 6.42. The maximum atomic E-state index is 4.65. The minimum atomic E-state index is 0.913. The second-order valence-corrected chi connectivity index (χ2v) is 4.87. The van der Waals surface area contributed by atoms with Crippen LogP contribution < -0.4 is 0 Å². The first-order chi connectivity index (χ1) is 9.22. The fraction of sp³-hybridized carbons (Fsp3) is 0.118. The summed E-state index contributed by atoms with van der Waals surface area (Å²) in [7, 11) is 0. The van der Waals surface area contributed by atoms with Gasteiger partial charge in [-0.3, -0.25) is 0 Å². The Bertz CT molecular complexity index is 616. The minimum Gasteiger partial charge on any atom is -0.344 e. The fourth-order valence-electron chi connectivity index (χ4n) is 2.05. The van der Waals surface area contributed by atoms with Gasteiger partial charge in [-0.25, -0.2) is 4.98 Å². The largest absolute Gasteiger partial charge is 0.344 e. The Morgan fingerprint density at radius 3 is 1.84 bits per heavy atom. The third-order valence-electron chi connectivity index (χ3n) is 3.25. The average Bonchev–Trinajstić information content (AvgIpc) is 2.90. The summed E-state index contributed by atoms with van der Waals surface area (Å²) in [6, 6.07) is 16.8. The van der Waals surface area contributed by atoms with Crippen LogP contribution >= 0.6 is 0 Å². The highest BCUT2D eigenvalue weighted by atomic mass is 14.9. The van der Waals surface area contributed by atoms with Crippen molar-refractivity contribution in [2.75, 3.05) is 0 Å². The van der Waals surface area contributed by atoms with Crippen molar-refractivity contribution in [3.63, 3.8) is 0 Å². The summed E-state index contributed by atoms with van der Waals surface area (Å²) in [6.07, 6.45) is 1.96. The maximum absolute atomic E-state index is 4.65. The molecule has 0 radical (unpaired) electrons. The zero-order valence-corrected chi connectivity index (χ0v) is 11.1. The monoisotopic (exact) mass is 248 g/mol. The lowest BCUT2D eigenvalue weighted by atomic mass is 10.1. The van der Waals surface area contributed by atoms with Crippen LogP contribution in [-0.4, -0.2) is 9.97 Å². The lowest BCUT2D eigenvalue weighted by Crippen LogP contribution is -1.82. The zero-order valence-electron chi connectivity index (χ0n) is 11.1. The van der Waals surface area contributed by atoms with Gasteiger partial charge in [0.2, 0.25) is 0 Å². The van der Waals surface area contributed by atoms with E-state index < -0.39 is 0 Å². The van der Waals surface area contributed by atoms with Gasteiger partial charge in [-0.1, -0.05) is 59.7 Å². The molecule has 3 rings (SSSR count). The van der Waals surface area contributed by atoms with Crippen LogP contribution in [0, 0.1) is 13.8 Å². The molecule has 0 aliphatic rings. The number of aromatic amines is 1. The molecule has 2 heteroatoms. The van der Waals surface area contributed by atoms with Gasteiger partial charge in [-0.2, -0.15) is 0 Å². The third-order valence-corrected chi connectivity index (χ3v) is 3.25. The third kappa shape index (κ3) is 2.43. The highest BCUT2D eigenvalue weighted by molar-refractivity contribution is 5.64. The van der Waals surface area contributed by atoms with Crippen molar-refractivity contribution in [1.82, 2.24) is 9.97 Å². The normalized spacial score (nSPS) is 10.6. The van der Waals surface area contributed by atoms with E-state index in [1.807, 2.05) is 6.20 Å². The average molecular weight is 248 g/mol. The van der Waals surface area contributed by atoms with E-state index >= 15 is 0 Å². The SMILES string of the molecule is Cc1ccc(-c2c[nH]c(-c3ccc(C)cc3)n2)cc1. The molecule has 0 saturated heterocycles. The Morgan fingerprint density at radius 2 is 1.26 bits per heavy atom. The molecular weight excluding hydrogens is 232 g/mol. The van der Waals surface area contributed by atoms with E-state index in [0.29, 0.717) is 0 Å². The lowest BCUT2D eigenvalue weighted by molar-refractivity contribution is 1.30. The van der Waals surface area contributed by atoms with Crippen molar-refractivity contribution in [2.24, 2.45) is 0 Å². The summed E-state index contributed by atoms with van der Waals surface area (Å²) in [5.74, 6) is 0.913. The van der Waals surface area contributed by atoms with E-state index in [2.05, 4.69) is 72.3 Å². The van der Waals surface area contributed by atoms with E-state index in [0.717, 1.165) is 22.6 Å². The highest BCUT2D eigenvalue weighted by Gasteiger charge is 2.05. The Morgan fingerprint density at radius 1 is 0.737 bits per heavy atom. The molecule has 0 bridgehead atoms. The van der Waals surface area contributed by atoms with E-state index in [9.17, 15) is 0 Å². The number of nitrogens with zero attached hydrogens (tertiary/aromatic N) is 1. The van der Waals surface area contributed by atoms with Gasteiger partial charge in [0.15, 0.2) is 0 Å². The van der Waals surface area contributed by atoms with E-state index in [4.69, 9.17) is 0 Å². The molecule has 94 valence electrons. The summed E-state index contributed by atoms with van der Waals surface area (Å²) in [4.78, 5) is 7.90. The molecule has 0 unspecified atom stereocenters. The van der Waals surface area contributed by atoms with Crippen LogP contribution in [0.5, 0.6) is 0 Å². The second-order valence-electron chi connectivity index (χ2n) is 4.87. The van der Waals surface area contributed by atoms with Crippen LogP contribution in [0.3, 0.4) is 0 Å². The molecule has 0 saturated carbocycles. The Hall–Kier alpha value is -2.35. The molecule has 3 aromatic rings. The molecular formula is C17H16N2. The van der Waals surface area contributed by atoms with Gasteiger partial charge in [0.05, 0.1) is 5.69 Å². The number of H-pyrrole nitrogens is 1. The van der Waals surface area contributed by atoms with Gasteiger partial charge in [0.1, 0.15) is 5.82 Å². The zero-order chi connectivity index (χ0) is 13.2. The van der Waals surface area contributed by atoms with Gasteiger partial charge in [0.25, 0.3) is 0 Å². The molecule has 0 fully saturated rings. The number of imidazole rings is 1. The van der Waals surface area contributed by atoms with Gasteiger partial charge < -0.3 is 4.98 Å². The molecule has 2 aromatic carbocycles. The number of nitrogens with one attached hydrogen (secondary N) is 1. The van der Waals surface area contributed by atoms with Crippen molar-refractivity contribution < 1.29 is 0 Å². The predicted octanol–water partition coefficient (Wildman–Crippen LogP) is 4.36. The van der Waals surface area contributed by atoms with Gasteiger partial charge >= 0.3 is 0 Å². The lowest BCUT2D eigenvalue weighted by Gasteiger charge is -1.98. The quantitative estimate of drug-likeness (QED) is 0.717. The number of hydrogen-bond acceptors (Lipinski definition) is 1. The van der Waals surface area contributed by atoms with Crippen molar-refractivity contribution in [2.45, 2.75) is 13.8 Å². The summed E-state index contributed by atoms with van der Waals surface area (Å²) in [5, 5.41) is 0. The Balaban J connectivity index is 1.95. The van der Waals surface area contributed by atoms with Crippen molar-refractivity contribution in [3.8, 4) is 22.6 Å². The number of rotatable bonds is 2. The van der Waals surface area contributed by atoms with Crippen LogP contribution in [0.2, 0.25) is 0 Å². The number of hydrogen-bond donors (Lipinski definition) is 1. The van der Waals surface area contributed by atoms with E-state index in [-0.39, 0.29) is 0 Å². The predicted molar refractivity (Wildman–Crippen MR) is 78.9 cm³/mol. The van der Waals surface area contributed by atoms with Crippen LogP contribution in [0.25, 0.3) is 22.6 Å². The van der Waals surface area contributed by atoms with Crippen molar-refractivity contribution in [1.29, 1.82) is 0 Å².